The van der Waals surface area contributed by atoms with Crippen LogP contribution in [-0.2, 0) is 10.0 Å². The molecule has 3 aromatic carbocycles. The van der Waals surface area contributed by atoms with E-state index in [9.17, 15) is 12.8 Å². The molecule has 8 heteroatoms. The fourth-order valence-corrected chi connectivity index (χ4v) is 4.97. The Labute approximate surface area is 196 Å². The first kappa shape index (κ1) is 22.2. The van der Waals surface area contributed by atoms with E-state index in [-0.39, 0.29) is 16.6 Å². The summed E-state index contributed by atoms with van der Waals surface area (Å²) < 4.78 is 40.4. The number of aromatic amines is 1. The SMILES string of the molecule is CNS(=O)(=O)c1ccc(-c2nc(C(C)C)c(-c3ccc(F)cc3)c3cc4cn[nH]c4cc23)cc1. The summed E-state index contributed by atoms with van der Waals surface area (Å²) in [6.07, 6.45) is 1.77. The normalized spacial score (nSPS) is 12.1. The standard InChI is InChI=1S/C26H23FN4O2S/c1-15(2)25-24(16-4-8-19(27)9-5-16)21-12-18-14-29-31-23(18)13-22(21)26(30-25)17-6-10-20(11-7-17)34(32,33)28-3/h4-15,28H,1-3H3,(H,29,31). The molecule has 0 aliphatic heterocycles. The Morgan fingerprint density at radius 3 is 2.26 bits per heavy atom. The third kappa shape index (κ3) is 3.74. The molecule has 0 aliphatic carbocycles. The van der Waals surface area contributed by atoms with Crippen molar-refractivity contribution < 1.29 is 12.8 Å². The number of nitrogens with one attached hydrogen (secondary N) is 2. The number of benzene rings is 3. The lowest BCUT2D eigenvalue weighted by Crippen LogP contribution is -2.18. The van der Waals surface area contributed by atoms with Crippen molar-refractivity contribution in [1.82, 2.24) is 19.9 Å². The van der Waals surface area contributed by atoms with E-state index in [1.807, 2.05) is 6.07 Å². The van der Waals surface area contributed by atoms with Crippen molar-refractivity contribution >= 4 is 31.7 Å². The van der Waals surface area contributed by atoms with Crippen molar-refractivity contribution in [3.63, 3.8) is 0 Å². The third-order valence-corrected chi connectivity index (χ3v) is 7.41. The smallest absolute Gasteiger partial charge is 0.240 e. The molecular weight excluding hydrogens is 451 g/mol. The largest absolute Gasteiger partial charge is 0.278 e. The number of nitrogens with zero attached hydrogens (tertiary/aromatic N) is 2. The summed E-state index contributed by atoms with van der Waals surface area (Å²) in [6, 6.07) is 17.2. The fourth-order valence-electron chi connectivity index (χ4n) is 4.24. The molecule has 0 saturated carbocycles. The number of hydrogen-bond donors (Lipinski definition) is 2. The second-order valence-electron chi connectivity index (χ2n) is 8.47. The highest BCUT2D eigenvalue weighted by molar-refractivity contribution is 7.89. The minimum absolute atomic E-state index is 0.0900. The quantitative estimate of drug-likeness (QED) is 0.346. The van der Waals surface area contributed by atoms with E-state index in [1.54, 1.807) is 42.6 Å². The van der Waals surface area contributed by atoms with Crippen molar-refractivity contribution in [3.05, 3.63) is 78.4 Å². The Hall–Kier alpha value is -3.62. The fraction of sp³-hybridized carbons (Fsp3) is 0.154. The van der Waals surface area contributed by atoms with Crippen molar-refractivity contribution in [2.24, 2.45) is 0 Å². The van der Waals surface area contributed by atoms with Gasteiger partial charge in [0.05, 0.1) is 28.0 Å². The van der Waals surface area contributed by atoms with E-state index in [0.717, 1.165) is 49.8 Å². The van der Waals surface area contributed by atoms with Crippen LogP contribution in [0.15, 0.2) is 71.8 Å². The van der Waals surface area contributed by atoms with Gasteiger partial charge in [-0.3, -0.25) is 10.1 Å². The van der Waals surface area contributed by atoms with Gasteiger partial charge in [0.1, 0.15) is 5.82 Å². The first-order valence-electron chi connectivity index (χ1n) is 10.9. The molecule has 172 valence electrons. The van der Waals surface area contributed by atoms with Crippen LogP contribution in [0.5, 0.6) is 0 Å². The monoisotopic (exact) mass is 474 g/mol. The number of halogens is 1. The van der Waals surface area contributed by atoms with Crippen LogP contribution >= 0.6 is 0 Å². The number of aromatic nitrogens is 3. The summed E-state index contributed by atoms with van der Waals surface area (Å²) in [5.74, 6) is -0.204. The third-order valence-electron chi connectivity index (χ3n) is 5.98. The average molecular weight is 475 g/mol. The molecule has 0 radical (unpaired) electrons. The molecule has 0 aliphatic rings. The molecule has 0 fully saturated rings. The molecule has 2 aromatic heterocycles. The summed E-state index contributed by atoms with van der Waals surface area (Å²) in [6.45, 7) is 4.15. The predicted octanol–water partition coefficient (Wildman–Crippen LogP) is 5.62. The van der Waals surface area contributed by atoms with Gasteiger partial charge in [-0.1, -0.05) is 38.1 Å². The Kier molecular flexibility index (Phi) is 5.42. The molecule has 0 bridgehead atoms. The van der Waals surface area contributed by atoms with Gasteiger partial charge in [-0.05, 0) is 60.3 Å². The van der Waals surface area contributed by atoms with Crippen LogP contribution < -0.4 is 4.72 Å². The van der Waals surface area contributed by atoms with Gasteiger partial charge in [0.2, 0.25) is 10.0 Å². The van der Waals surface area contributed by atoms with Gasteiger partial charge in [-0.15, -0.1) is 0 Å². The van der Waals surface area contributed by atoms with E-state index in [0.29, 0.717) is 0 Å². The maximum Gasteiger partial charge on any atom is 0.240 e. The molecule has 2 heterocycles. The van der Waals surface area contributed by atoms with Crippen molar-refractivity contribution in [2.45, 2.75) is 24.7 Å². The number of sulfonamides is 1. The summed E-state index contributed by atoms with van der Waals surface area (Å²) in [5, 5.41) is 10.0. The van der Waals surface area contributed by atoms with Gasteiger partial charge < -0.3 is 0 Å². The highest BCUT2D eigenvalue weighted by Gasteiger charge is 2.20. The Morgan fingerprint density at radius 1 is 0.941 bits per heavy atom. The number of hydrogen-bond acceptors (Lipinski definition) is 4. The van der Waals surface area contributed by atoms with Crippen molar-refractivity contribution in [3.8, 4) is 22.4 Å². The van der Waals surface area contributed by atoms with E-state index in [4.69, 9.17) is 4.98 Å². The molecule has 0 amide bonds. The first-order valence-corrected chi connectivity index (χ1v) is 12.4. The second kappa shape index (κ2) is 8.30. The Balaban J connectivity index is 1.84. The van der Waals surface area contributed by atoms with Crippen molar-refractivity contribution in [2.75, 3.05) is 7.05 Å². The molecule has 6 nitrogen and oxygen atoms in total. The number of rotatable bonds is 5. The van der Waals surface area contributed by atoms with Crippen molar-refractivity contribution in [1.29, 1.82) is 0 Å². The highest BCUT2D eigenvalue weighted by atomic mass is 32.2. The minimum atomic E-state index is -3.54. The molecule has 0 spiro atoms. The first-order chi connectivity index (χ1) is 16.3. The van der Waals surface area contributed by atoms with Crippen LogP contribution in [0.3, 0.4) is 0 Å². The number of H-pyrrole nitrogens is 1. The maximum absolute atomic E-state index is 13.7. The van der Waals surface area contributed by atoms with Gasteiger partial charge in [0.15, 0.2) is 0 Å². The van der Waals surface area contributed by atoms with E-state index < -0.39 is 10.0 Å². The number of fused-ring (bicyclic) bond motifs is 2. The lowest BCUT2D eigenvalue weighted by Gasteiger charge is -2.19. The molecule has 0 unspecified atom stereocenters. The zero-order valence-electron chi connectivity index (χ0n) is 18.9. The maximum atomic E-state index is 13.7. The molecule has 2 N–H and O–H groups in total. The van der Waals surface area contributed by atoms with Crippen LogP contribution in [0.2, 0.25) is 0 Å². The molecule has 5 aromatic rings. The van der Waals surface area contributed by atoms with Crippen LogP contribution in [0, 0.1) is 5.82 Å². The summed E-state index contributed by atoms with van der Waals surface area (Å²) in [4.78, 5) is 5.27. The van der Waals surface area contributed by atoms with Crippen LogP contribution in [0.4, 0.5) is 4.39 Å². The van der Waals surface area contributed by atoms with E-state index in [2.05, 4.69) is 34.8 Å². The lowest BCUT2D eigenvalue weighted by atomic mass is 9.90. The van der Waals surface area contributed by atoms with Gasteiger partial charge in [-0.25, -0.2) is 17.5 Å². The van der Waals surface area contributed by atoms with E-state index in [1.165, 1.54) is 19.2 Å². The van der Waals surface area contributed by atoms with Crippen LogP contribution in [-0.4, -0.2) is 30.6 Å². The Bertz CT molecular complexity index is 1620. The highest BCUT2D eigenvalue weighted by Crippen LogP contribution is 2.40. The van der Waals surface area contributed by atoms with Crippen LogP contribution in [0.25, 0.3) is 44.1 Å². The summed E-state index contributed by atoms with van der Waals surface area (Å²) in [5.41, 5.74) is 5.12. The second-order valence-corrected chi connectivity index (χ2v) is 10.4. The predicted molar refractivity (Wildman–Crippen MR) is 133 cm³/mol. The van der Waals surface area contributed by atoms with Crippen LogP contribution in [0.1, 0.15) is 25.5 Å². The zero-order chi connectivity index (χ0) is 24.0. The van der Waals surface area contributed by atoms with Gasteiger partial charge >= 0.3 is 0 Å². The topological polar surface area (TPSA) is 87.7 Å². The zero-order valence-corrected chi connectivity index (χ0v) is 19.7. The molecule has 0 saturated heterocycles. The average Bonchev–Trinajstić information content (AvgIpc) is 3.30. The molecule has 5 rings (SSSR count). The minimum Gasteiger partial charge on any atom is -0.278 e. The summed E-state index contributed by atoms with van der Waals surface area (Å²) in [7, 11) is -2.16. The van der Waals surface area contributed by atoms with Gasteiger partial charge in [-0.2, -0.15) is 5.10 Å². The molecular formula is C26H23FN4O2S. The van der Waals surface area contributed by atoms with E-state index >= 15 is 0 Å². The molecule has 0 atom stereocenters. The summed E-state index contributed by atoms with van der Waals surface area (Å²) >= 11 is 0. The van der Waals surface area contributed by atoms with Gasteiger partial charge in [0, 0.05) is 21.9 Å². The number of pyridine rings is 1. The Morgan fingerprint density at radius 2 is 1.62 bits per heavy atom. The molecule has 34 heavy (non-hydrogen) atoms. The van der Waals surface area contributed by atoms with Gasteiger partial charge in [0.25, 0.3) is 0 Å². The lowest BCUT2D eigenvalue weighted by molar-refractivity contribution is 0.588.